The van der Waals surface area contributed by atoms with Crippen molar-refractivity contribution in [1.29, 1.82) is 0 Å². The molecule has 0 atom stereocenters. The highest BCUT2D eigenvalue weighted by Gasteiger charge is 2.01. The van der Waals surface area contributed by atoms with Crippen LogP contribution in [0, 0.1) is 0 Å². The summed E-state index contributed by atoms with van der Waals surface area (Å²) >= 11 is 0. The standard InChI is InChI=1S/C18H21N3/c1-5-7-14-17(11-6-2)20-18(19-15-21(3)4)16-12-9-8-10-13-16/h5-15H,1-2H2,3-4H3/b14-7-,17-11+,19-15?,20-18?. The molecule has 0 amide bonds. The van der Waals surface area contributed by atoms with E-state index in [0.29, 0.717) is 5.84 Å². The predicted molar refractivity (Wildman–Crippen MR) is 92.8 cm³/mol. The summed E-state index contributed by atoms with van der Waals surface area (Å²) in [6.07, 6.45) is 10.7. The molecule has 0 saturated heterocycles. The molecule has 1 aromatic rings. The van der Waals surface area contributed by atoms with Crippen LogP contribution in [0.4, 0.5) is 0 Å². The number of amidine groups is 1. The average molecular weight is 279 g/mol. The minimum Gasteiger partial charge on any atom is -0.369 e. The van der Waals surface area contributed by atoms with Gasteiger partial charge >= 0.3 is 0 Å². The van der Waals surface area contributed by atoms with Gasteiger partial charge in [0.2, 0.25) is 0 Å². The van der Waals surface area contributed by atoms with Crippen molar-refractivity contribution in [2.24, 2.45) is 9.98 Å². The number of rotatable bonds is 6. The number of hydrogen-bond acceptors (Lipinski definition) is 1. The molecule has 0 radical (unpaired) electrons. The number of aliphatic imine (C=N–C) groups is 2. The minimum atomic E-state index is 0.645. The van der Waals surface area contributed by atoms with Crippen LogP contribution in [0.25, 0.3) is 0 Å². The smallest absolute Gasteiger partial charge is 0.161 e. The van der Waals surface area contributed by atoms with Crippen molar-refractivity contribution < 1.29 is 0 Å². The molecular formula is C18H21N3. The zero-order valence-corrected chi connectivity index (χ0v) is 12.6. The number of benzene rings is 1. The summed E-state index contributed by atoms with van der Waals surface area (Å²) < 4.78 is 0. The SMILES string of the molecule is C=C/C=C\C(=C/C=C)N=C(N=CN(C)C)c1ccccc1. The van der Waals surface area contributed by atoms with E-state index in [0.717, 1.165) is 11.3 Å². The quantitative estimate of drug-likeness (QED) is 0.442. The van der Waals surface area contributed by atoms with Crippen molar-refractivity contribution in [1.82, 2.24) is 4.90 Å². The van der Waals surface area contributed by atoms with Gasteiger partial charge in [0.15, 0.2) is 5.84 Å². The van der Waals surface area contributed by atoms with Crippen LogP contribution in [0.3, 0.4) is 0 Å². The molecule has 0 aromatic heterocycles. The Kier molecular flexibility index (Phi) is 7.22. The largest absolute Gasteiger partial charge is 0.369 e. The topological polar surface area (TPSA) is 28.0 Å². The molecule has 0 aliphatic carbocycles. The Bertz CT molecular complexity index is 576. The first-order valence-corrected chi connectivity index (χ1v) is 6.64. The fourth-order valence-electron chi connectivity index (χ4n) is 1.47. The van der Waals surface area contributed by atoms with Crippen LogP contribution in [0.2, 0.25) is 0 Å². The Morgan fingerprint density at radius 1 is 1.10 bits per heavy atom. The Balaban J connectivity index is 3.24. The fraction of sp³-hybridized carbons (Fsp3) is 0.111. The van der Waals surface area contributed by atoms with E-state index in [1.54, 1.807) is 18.5 Å². The van der Waals surface area contributed by atoms with Crippen molar-refractivity contribution >= 4 is 12.2 Å². The summed E-state index contributed by atoms with van der Waals surface area (Å²) in [4.78, 5) is 10.9. The van der Waals surface area contributed by atoms with E-state index < -0.39 is 0 Å². The first-order chi connectivity index (χ1) is 10.2. The highest BCUT2D eigenvalue weighted by molar-refractivity contribution is 6.03. The third-order valence-corrected chi connectivity index (χ3v) is 2.37. The lowest BCUT2D eigenvalue weighted by atomic mass is 10.2. The van der Waals surface area contributed by atoms with Gasteiger partial charge in [-0.3, -0.25) is 0 Å². The van der Waals surface area contributed by atoms with E-state index >= 15 is 0 Å². The van der Waals surface area contributed by atoms with Crippen LogP contribution in [0.1, 0.15) is 5.56 Å². The number of nitrogens with zero attached hydrogens (tertiary/aromatic N) is 3. The fourth-order valence-corrected chi connectivity index (χ4v) is 1.47. The van der Waals surface area contributed by atoms with Gasteiger partial charge in [0, 0.05) is 19.7 Å². The molecule has 1 aromatic carbocycles. The molecule has 0 heterocycles. The maximum atomic E-state index is 4.59. The molecule has 108 valence electrons. The van der Waals surface area contributed by atoms with E-state index in [9.17, 15) is 0 Å². The molecule has 0 spiro atoms. The molecule has 21 heavy (non-hydrogen) atoms. The highest BCUT2D eigenvalue weighted by Crippen LogP contribution is 2.08. The number of allylic oxidation sites excluding steroid dienone is 5. The molecule has 0 aliphatic rings. The summed E-state index contributed by atoms with van der Waals surface area (Å²) in [6.45, 7) is 7.38. The van der Waals surface area contributed by atoms with Gasteiger partial charge in [0.05, 0.1) is 12.0 Å². The summed E-state index contributed by atoms with van der Waals surface area (Å²) in [5.74, 6) is 0.645. The molecule has 3 nitrogen and oxygen atoms in total. The van der Waals surface area contributed by atoms with E-state index in [4.69, 9.17) is 0 Å². The molecule has 0 unspecified atom stereocenters. The van der Waals surface area contributed by atoms with Crippen molar-refractivity contribution in [3.63, 3.8) is 0 Å². The Labute approximate surface area is 127 Å². The van der Waals surface area contributed by atoms with Crippen molar-refractivity contribution in [2.45, 2.75) is 0 Å². The van der Waals surface area contributed by atoms with Crippen LogP contribution in [-0.4, -0.2) is 31.2 Å². The van der Waals surface area contributed by atoms with E-state index in [-0.39, 0.29) is 0 Å². The second kappa shape index (κ2) is 9.26. The number of hydrogen-bond donors (Lipinski definition) is 0. The van der Waals surface area contributed by atoms with Gasteiger partial charge in [-0.15, -0.1) is 0 Å². The molecule has 0 aliphatic heterocycles. The van der Waals surface area contributed by atoms with E-state index in [1.807, 2.05) is 67.6 Å². The third-order valence-electron chi connectivity index (χ3n) is 2.37. The first kappa shape index (κ1) is 16.4. The van der Waals surface area contributed by atoms with Gasteiger partial charge in [-0.1, -0.05) is 61.7 Å². The zero-order valence-electron chi connectivity index (χ0n) is 12.6. The van der Waals surface area contributed by atoms with Gasteiger partial charge in [0.1, 0.15) is 0 Å². The summed E-state index contributed by atoms with van der Waals surface area (Å²) in [7, 11) is 3.84. The lowest BCUT2D eigenvalue weighted by Crippen LogP contribution is -2.10. The minimum absolute atomic E-state index is 0.645. The van der Waals surface area contributed by atoms with Crippen LogP contribution in [0.15, 0.2) is 89.6 Å². The first-order valence-electron chi connectivity index (χ1n) is 6.64. The molecule has 0 N–H and O–H groups in total. The normalized spacial score (nSPS) is 12.9. The Hall–Kier alpha value is -2.68. The van der Waals surface area contributed by atoms with E-state index in [1.165, 1.54) is 0 Å². The predicted octanol–water partition coefficient (Wildman–Crippen LogP) is 3.84. The molecule has 0 saturated carbocycles. The van der Waals surface area contributed by atoms with Gasteiger partial charge < -0.3 is 4.90 Å². The lowest BCUT2D eigenvalue weighted by Gasteiger charge is -2.05. The molecule has 1 rings (SSSR count). The maximum Gasteiger partial charge on any atom is 0.161 e. The molecule has 0 fully saturated rings. The van der Waals surface area contributed by atoms with Crippen LogP contribution in [-0.2, 0) is 0 Å². The monoisotopic (exact) mass is 279 g/mol. The third kappa shape index (κ3) is 6.34. The molecular weight excluding hydrogens is 258 g/mol. The Morgan fingerprint density at radius 2 is 1.81 bits per heavy atom. The summed E-state index contributed by atoms with van der Waals surface area (Å²) in [5.41, 5.74) is 1.72. The lowest BCUT2D eigenvalue weighted by molar-refractivity contribution is 0.644. The van der Waals surface area contributed by atoms with Crippen molar-refractivity contribution in [2.75, 3.05) is 14.1 Å². The zero-order chi connectivity index (χ0) is 15.5. The highest BCUT2D eigenvalue weighted by atomic mass is 15.1. The van der Waals surface area contributed by atoms with Gasteiger partial charge in [-0.25, -0.2) is 9.98 Å². The van der Waals surface area contributed by atoms with Gasteiger partial charge in [-0.2, -0.15) is 0 Å². The van der Waals surface area contributed by atoms with Crippen molar-refractivity contribution in [3.8, 4) is 0 Å². The second-order valence-electron chi connectivity index (χ2n) is 4.43. The van der Waals surface area contributed by atoms with Gasteiger partial charge in [-0.05, 0) is 12.2 Å². The van der Waals surface area contributed by atoms with E-state index in [2.05, 4.69) is 23.1 Å². The summed E-state index contributed by atoms with van der Waals surface area (Å²) in [6, 6.07) is 9.86. The maximum absolute atomic E-state index is 4.59. The molecule has 3 heteroatoms. The van der Waals surface area contributed by atoms with Crippen LogP contribution < -0.4 is 0 Å². The molecule has 0 bridgehead atoms. The van der Waals surface area contributed by atoms with Gasteiger partial charge in [0.25, 0.3) is 0 Å². The van der Waals surface area contributed by atoms with Crippen molar-refractivity contribution in [3.05, 3.63) is 85.1 Å². The van der Waals surface area contributed by atoms with Crippen LogP contribution >= 0.6 is 0 Å². The summed E-state index contributed by atoms with van der Waals surface area (Å²) in [5, 5.41) is 0. The second-order valence-corrected chi connectivity index (χ2v) is 4.43. The Morgan fingerprint density at radius 3 is 2.38 bits per heavy atom. The average Bonchev–Trinajstić information content (AvgIpc) is 2.49. The van der Waals surface area contributed by atoms with Crippen LogP contribution in [0.5, 0.6) is 0 Å².